The molecular weight excluding hydrogens is 254 g/mol. The molecule has 0 radical (unpaired) electrons. The fourth-order valence-corrected chi connectivity index (χ4v) is 3.89. The number of rotatable bonds is 2. The van der Waals surface area contributed by atoms with Crippen LogP contribution in [0.25, 0.3) is 6.08 Å². The van der Waals surface area contributed by atoms with E-state index in [1.165, 1.54) is 47.3 Å². The largest absolute Gasteiger partial charge is 0.344 e. The van der Waals surface area contributed by atoms with Gasteiger partial charge in [0.05, 0.1) is 0 Å². The molecule has 2 aromatic rings. The van der Waals surface area contributed by atoms with Gasteiger partial charge in [0.2, 0.25) is 0 Å². The molecule has 1 heteroatoms. The van der Waals surface area contributed by atoms with Gasteiger partial charge >= 0.3 is 0 Å². The Morgan fingerprint density at radius 1 is 1.00 bits per heavy atom. The molecule has 0 N–H and O–H groups in total. The first-order chi connectivity index (χ1) is 10.2. The lowest BCUT2D eigenvalue weighted by molar-refractivity contribution is 0.909. The highest BCUT2D eigenvalue weighted by atomic mass is 15.1. The SMILES string of the molecule is CC1=Cc2cc3c(c(N(C)c4ccccc4)c2C1)CCC3. The summed E-state index contributed by atoms with van der Waals surface area (Å²) in [6.45, 7) is 2.25. The van der Waals surface area contributed by atoms with Crippen molar-refractivity contribution in [1.82, 2.24) is 0 Å². The molecule has 4 rings (SSSR count). The van der Waals surface area contributed by atoms with E-state index in [0.717, 1.165) is 6.42 Å². The number of benzene rings is 2. The first-order valence-corrected chi connectivity index (χ1v) is 7.87. The van der Waals surface area contributed by atoms with Crippen LogP contribution in [0.5, 0.6) is 0 Å². The van der Waals surface area contributed by atoms with Crippen LogP contribution < -0.4 is 4.90 Å². The lowest BCUT2D eigenvalue weighted by Crippen LogP contribution is -2.14. The molecule has 0 saturated carbocycles. The molecule has 0 saturated heterocycles. The van der Waals surface area contributed by atoms with Crippen molar-refractivity contribution in [1.29, 1.82) is 0 Å². The summed E-state index contributed by atoms with van der Waals surface area (Å²) in [4.78, 5) is 2.40. The summed E-state index contributed by atoms with van der Waals surface area (Å²) >= 11 is 0. The Hall–Kier alpha value is -2.02. The zero-order valence-electron chi connectivity index (χ0n) is 12.8. The van der Waals surface area contributed by atoms with Gasteiger partial charge in [0, 0.05) is 18.4 Å². The molecule has 2 aliphatic rings. The quantitative estimate of drug-likeness (QED) is 0.753. The topological polar surface area (TPSA) is 3.24 Å². The molecule has 1 nitrogen and oxygen atoms in total. The van der Waals surface area contributed by atoms with Crippen molar-refractivity contribution in [2.75, 3.05) is 11.9 Å². The number of anilines is 2. The number of para-hydroxylation sites is 1. The van der Waals surface area contributed by atoms with E-state index < -0.39 is 0 Å². The number of hydrogen-bond donors (Lipinski definition) is 0. The standard InChI is InChI=1S/C20H21N/c1-14-11-16-13-15-7-6-10-18(15)20(19(16)12-14)21(2)17-8-4-3-5-9-17/h3-5,8-9,11,13H,6-7,10,12H2,1-2H3. The Morgan fingerprint density at radius 2 is 1.81 bits per heavy atom. The molecule has 0 bridgehead atoms. The monoisotopic (exact) mass is 275 g/mol. The van der Waals surface area contributed by atoms with Crippen LogP contribution in [-0.4, -0.2) is 7.05 Å². The van der Waals surface area contributed by atoms with Crippen molar-refractivity contribution in [2.24, 2.45) is 0 Å². The number of nitrogens with zero attached hydrogens (tertiary/aromatic N) is 1. The van der Waals surface area contributed by atoms with E-state index in [0.29, 0.717) is 0 Å². The van der Waals surface area contributed by atoms with Crippen LogP contribution in [0.2, 0.25) is 0 Å². The van der Waals surface area contributed by atoms with Crippen LogP contribution in [0.15, 0.2) is 42.0 Å². The minimum absolute atomic E-state index is 1.11. The summed E-state index contributed by atoms with van der Waals surface area (Å²) in [5, 5.41) is 0. The maximum atomic E-state index is 2.44. The zero-order valence-corrected chi connectivity index (χ0v) is 12.8. The van der Waals surface area contributed by atoms with Crippen LogP contribution >= 0.6 is 0 Å². The molecule has 0 atom stereocenters. The van der Waals surface area contributed by atoms with Gasteiger partial charge in [-0.15, -0.1) is 0 Å². The Morgan fingerprint density at radius 3 is 2.62 bits per heavy atom. The van der Waals surface area contributed by atoms with E-state index in [4.69, 9.17) is 0 Å². The smallest absolute Gasteiger partial charge is 0.0485 e. The van der Waals surface area contributed by atoms with E-state index in [1.54, 1.807) is 11.1 Å². The molecule has 0 aromatic heterocycles. The van der Waals surface area contributed by atoms with Gasteiger partial charge in [-0.25, -0.2) is 0 Å². The van der Waals surface area contributed by atoms with Gasteiger partial charge in [0.25, 0.3) is 0 Å². The van der Waals surface area contributed by atoms with Gasteiger partial charge in [-0.2, -0.15) is 0 Å². The predicted octanol–water partition coefficient (Wildman–Crippen LogP) is 4.90. The number of hydrogen-bond acceptors (Lipinski definition) is 1. The summed E-state index contributed by atoms with van der Waals surface area (Å²) in [7, 11) is 2.22. The van der Waals surface area contributed by atoms with Crippen LogP contribution in [0.1, 0.15) is 35.6 Å². The first-order valence-electron chi connectivity index (χ1n) is 7.87. The van der Waals surface area contributed by atoms with Crippen molar-refractivity contribution >= 4 is 17.5 Å². The molecule has 21 heavy (non-hydrogen) atoms. The van der Waals surface area contributed by atoms with Gasteiger partial charge in [-0.1, -0.05) is 35.9 Å². The number of aryl methyl sites for hydroxylation is 1. The molecule has 0 fully saturated rings. The average Bonchev–Trinajstić information content (AvgIpc) is 3.09. The number of allylic oxidation sites excluding steroid dienone is 1. The lowest BCUT2D eigenvalue weighted by atomic mass is 9.97. The van der Waals surface area contributed by atoms with Crippen molar-refractivity contribution in [2.45, 2.75) is 32.6 Å². The maximum Gasteiger partial charge on any atom is 0.0485 e. The molecule has 0 amide bonds. The zero-order chi connectivity index (χ0) is 14.4. The van der Waals surface area contributed by atoms with E-state index in [-0.39, 0.29) is 0 Å². The molecule has 2 aliphatic carbocycles. The van der Waals surface area contributed by atoms with Crippen LogP contribution in [0, 0.1) is 0 Å². The molecule has 0 aliphatic heterocycles. The van der Waals surface area contributed by atoms with Crippen LogP contribution in [-0.2, 0) is 19.3 Å². The van der Waals surface area contributed by atoms with Crippen molar-refractivity contribution in [3.8, 4) is 0 Å². The first kappa shape index (κ1) is 12.7. The summed E-state index contributed by atoms with van der Waals surface area (Å²) in [5.41, 5.74) is 10.4. The third-order valence-electron chi connectivity index (χ3n) is 4.85. The Bertz CT molecular complexity index is 725. The van der Waals surface area contributed by atoms with E-state index >= 15 is 0 Å². The highest BCUT2D eigenvalue weighted by Gasteiger charge is 2.25. The van der Waals surface area contributed by atoms with Gasteiger partial charge in [0.1, 0.15) is 0 Å². The van der Waals surface area contributed by atoms with Crippen LogP contribution in [0.4, 0.5) is 11.4 Å². The van der Waals surface area contributed by atoms with Gasteiger partial charge in [0.15, 0.2) is 0 Å². The van der Waals surface area contributed by atoms with E-state index in [2.05, 4.69) is 61.3 Å². The molecular formula is C20H21N. The average molecular weight is 275 g/mol. The summed E-state index contributed by atoms with van der Waals surface area (Å²) in [6.07, 6.45) is 7.25. The van der Waals surface area contributed by atoms with Crippen molar-refractivity contribution < 1.29 is 0 Å². The lowest BCUT2D eigenvalue weighted by Gasteiger charge is -2.26. The van der Waals surface area contributed by atoms with E-state index in [1.807, 2.05) is 0 Å². The Labute approximate surface area is 126 Å². The van der Waals surface area contributed by atoms with Crippen molar-refractivity contribution in [3.05, 3.63) is 64.2 Å². The molecule has 106 valence electrons. The second-order valence-corrected chi connectivity index (χ2v) is 6.35. The molecule has 2 aromatic carbocycles. The highest BCUT2D eigenvalue weighted by molar-refractivity contribution is 5.80. The third-order valence-corrected chi connectivity index (χ3v) is 4.85. The minimum Gasteiger partial charge on any atom is -0.344 e. The normalized spacial score (nSPS) is 15.6. The Balaban J connectivity index is 1.90. The Kier molecular flexibility index (Phi) is 2.88. The van der Waals surface area contributed by atoms with Crippen LogP contribution in [0.3, 0.4) is 0 Å². The fraction of sp³-hybridized carbons (Fsp3) is 0.300. The summed E-state index contributed by atoms with van der Waals surface area (Å²) < 4.78 is 0. The molecule has 0 unspecified atom stereocenters. The van der Waals surface area contributed by atoms with Gasteiger partial charge in [-0.05, 0) is 67.0 Å². The third kappa shape index (κ3) is 1.99. The number of fused-ring (bicyclic) bond motifs is 2. The fourth-order valence-electron chi connectivity index (χ4n) is 3.89. The summed E-state index contributed by atoms with van der Waals surface area (Å²) in [6, 6.07) is 13.2. The highest BCUT2D eigenvalue weighted by Crippen LogP contribution is 2.42. The molecule has 0 spiro atoms. The minimum atomic E-state index is 1.11. The second-order valence-electron chi connectivity index (χ2n) is 6.35. The molecule has 0 heterocycles. The van der Waals surface area contributed by atoms with Crippen molar-refractivity contribution in [3.63, 3.8) is 0 Å². The van der Waals surface area contributed by atoms with Gasteiger partial charge in [-0.3, -0.25) is 0 Å². The summed E-state index contributed by atoms with van der Waals surface area (Å²) in [5.74, 6) is 0. The predicted molar refractivity (Wildman–Crippen MR) is 90.3 cm³/mol. The van der Waals surface area contributed by atoms with E-state index in [9.17, 15) is 0 Å². The maximum absolute atomic E-state index is 2.44. The van der Waals surface area contributed by atoms with Gasteiger partial charge < -0.3 is 4.90 Å². The second kappa shape index (κ2) is 4.77.